The Bertz CT molecular complexity index is 986. The van der Waals surface area contributed by atoms with Gasteiger partial charge in [0.1, 0.15) is 11.3 Å². The number of carbonyl (C=O) groups is 2. The van der Waals surface area contributed by atoms with E-state index in [9.17, 15) is 9.59 Å². The van der Waals surface area contributed by atoms with Gasteiger partial charge in [0, 0.05) is 25.6 Å². The SMILES string of the molecule is CC1(C)CC(=O)c2cnc3c(C(=O)NCCc4ccco4)cnn3c2C1. The highest BCUT2D eigenvalue weighted by atomic mass is 16.3. The van der Waals surface area contributed by atoms with Gasteiger partial charge in [0.05, 0.1) is 23.7 Å². The number of carbonyl (C=O) groups excluding carboxylic acids is 2. The molecular weight excluding hydrogens is 332 g/mol. The number of rotatable bonds is 4. The van der Waals surface area contributed by atoms with Crippen molar-refractivity contribution in [2.75, 3.05) is 6.54 Å². The number of nitrogens with one attached hydrogen (secondary N) is 1. The summed E-state index contributed by atoms with van der Waals surface area (Å²) in [5, 5.41) is 7.19. The van der Waals surface area contributed by atoms with Gasteiger partial charge in [-0.25, -0.2) is 9.50 Å². The quantitative estimate of drug-likeness (QED) is 0.779. The monoisotopic (exact) mass is 352 g/mol. The molecule has 0 atom stereocenters. The summed E-state index contributed by atoms with van der Waals surface area (Å²) in [4.78, 5) is 29.2. The third-order valence-corrected chi connectivity index (χ3v) is 4.69. The first kappa shape index (κ1) is 16.5. The smallest absolute Gasteiger partial charge is 0.256 e. The average Bonchev–Trinajstić information content (AvgIpc) is 3.22. The minimum absolute atomic E-state index is 0.0746. The summed E-state index contributed by atoms with van der Waals surface area (Å²) in [6, 6.07) is 3.69. The Morgan fingerprint density at radius 2 is 2.19 bits per heavy atom. The molecule has 1 aliphatic rings. The first-order valence-electron chi connectivity index (χ1n) is 8.64. The Labute approximate surface area is 150 Å². The van der Waals surface area contributed by atoms with E-state index in [1.807, 2.05) is 12.1 Å². The lowest BCUT2D eigenvalue weighted by molar-refractivity contribution is 0.0907. The zero-order valence-electron chi connectivity index (χ0n) is 14.8. The summed E-state index contributed by atoms with van der Waals surface area (Å²) in [6.45, 7) is 4.58. The maximum Gasteiger partial charge on any atom is 0.256 e. The maximum atomic E-state index is 12.5. The van der Waals surface area contributed by atoms with Gasteiger partial charge in [-0.05, 0) is 24.0 Å². The van der Waals surface area contributed by atoms with E-state index >= 15 is 0 Å². The van der Waals surface area contributed by atoms with Crippen LogP contribution in [-0.2, 0) is 12.8 Å². The van der Waals surface area contributed by atoms with Crippen LogP contribution < -0.4 is 5.32 Å². The number of hydrogen-bond acceptors (Lipinski definition) is 5. The molecule has 7 nitrogen and oxygen atoms in total. The lowest BCUT2D eigenvalue weighted by atomic mass is 9.76. The normalized spacial score (nSPS) is 15.8. The van der Waals surface area contributed by atoms with Crippen LogP contribution in [0.5, 0.6) is 0 Å². The van der Waals surface area contributed by atoms with Crippen molar-refractivity contribution in [3.63, 3.8) is 0 Å². The van der Waals surface area contributed by atoms with Gasteiger partial charge in [0.15, 0.2) is 11.4 Å². The second-order valence-corrected chi connectivity index (χ2v) is 7.44. The van der Waals surface area contributed by atoms with Gasteiger partial charge in [0.2, 0.25) is 0 Å². The number of nitrogens with zero attached hydrogens (tertiary/aromatic N) is 3. The van der Waals surface area contributed by atoms with Crippen molar-refractivity contribution < 1.29 is 14.0 Å². The predicted octanol–water partition coefficient (Wildman–Crippen LogP) is 2.45. The summed E-state index contributed by atoms with van der Waals surface area (Å²) >= 11 is 0. The highest BCUT2D eigenvalue weighted by Crippen LogP contribution is 2.34. The Kier molecular flexibility index (Phi) is 3.86. The van der Waals surface area contributed by atoms with Crippen molar-refractivity contribution in [3.05, 3.63) is 53.4 Å². The van der Waals surface area contributed by atoms with Gasteiger partial charge in [0.25, 0.3) is 5.91 Å². The molecule has 0 aromatic carbocycles. The van der Waals surface area contributed by atoms with Gasteiger partial charge in [-0.1, -0.05) is 13.8 Å². The first-order chi connectivity index (χ1) is 12.4. The number of ketones is 1. The number of Topliss-reactive ketones (excluding diaryl/α,β-unsaturated/α-hetero) is 1. The van der Waals surface area contributed by atoms with E-state index in [0.717, 1.165) is 11.5 Å². The van der Waals surface area contributed by atoms with Crippen molar-refractivity contribution in [1.82, 2.24) is 19.9 Å². The molecule has 0 spiro atoms. The van der Waals surface area contributed by atoms with Crippen LogP contribution in [0.4, 0.5) is 0 Å². The minimum Gasteiger partial charge on any atom is -0.469 e. The third kappa shape index (κ3) is 2.89. The molecule has 7 heteroatoms. The standard InChI is InChI=1S/C19H20N4O3/c1-19(2)8-15-13(16(24)9-19)10-21-17-14(11-22-23(15)17)18(25)20-6-5-12-4-3-7-26-12/h3-4,7,10-11H,5-6,8-9H2,1-2H3,(H,20,25). The van der Waals surface area contributed by atoms with Crippen LogP contribution >= 0.6 is 0 Å². The molecule has 0 bridgehead atoms. The summed E-state index contributed by atoms with van der Waals surface area (Å²) < 4.78 is 6.89. The topological polar surface area (TPSA) is 89.5 Å². The van der Waals surface area contributed by atoms with Crippen molar-refractivity contribution in [2.45, 2.75) is 33.1 Å². The summed E-state index contributed by atoms with van der Waals surface area (Å²) in [5.41, 5.74) is 2.18. The minimum atomic E-state index is -0.236. The lowest BCUT2D eigenvalue weighted by Crippen LogP contribution is -2.29. The molecule has 26 heavy (non-hydrogen) atoms. The molecule has 0 radical (unpaired) electrons. The first-order valence-corrected chi connectivity index (χ1v) is 8.64. The van der Waals surface area contributed by atoms with Crippen LogP contribution in [0.15, 0.2) is 35.2 Å². The highest BCUT2D eigenvalue weighted by Gasteiger charge is 2.33. The fraction of sp³-hybridized carbons (Fsp3) is 0.368. The fourth-order valence-corrected chi connectivity index (χ4v) is 3.44. The Hall–Kier alpha value is -2.96. The summed E-state index contributed by atoms with van der Waals surface area (Å²) in [6.07, 6.45) is 6.52. The maximum absolute atomic E-state index is 12.5. The molecule has 3 heterocycles. The number of hydrogen-bond donors (Lipinski definition) is 1. The highest BCUT2D eigenvalue weighted by molar-refractivity contribution is 6.01. The number of fused-ring (bicyclic) bond motifs is 3. The molecule has 134 valence electrons. The second kappa shape index (κ2) is 6.09. The largest absolute Gasteiger partial charge is 0.469 e. The van der Waals surface area contributed by atoms with E-state index in [-0.39, 0.29) is 17.1 Å². The molecule has 0 saturated heterocycles. The number of furan rings is 1. The zero-order valence-corrected chi connectivity index (χ0v) is 14.8. The van der Waals surface area contributed by atoms with Gasteiger partial charge in [-0.15, -0.1) is 0 Å². The van der Waals surface area contributed by atoms with Crippen LogP contribution in [0.1, 0.15) is 52.4 Å². The summed E-state index contributed by atoms with van der Waals surface area (Å²) in [7, 11) is 0. The third-order valence-electron chi connectivity index (χ3n) is 4.69. The van der Waals surface area contributed by atoms with Crippen LogP contribution in [-0.4, -0.2) is 32.8 Å². The number of aromatic nitrogens is 3. The molecular formula is C19H20N4O3. The van der Waals surface area contributed by atoms with Crippen molar-refractivity contribution in [1.29, 1.82) is 0 Å². The Morgan fingerprint density at radius 3 is 2.96 bits per heavy atom. The van der Waals surface area contributed by atoms with Crippen LogP contribution in [0.25, 0.3) is 5.65 Å². The molecule has 4 rings (SSSR count). The molecule has 1 aliphatic carbocycles. The second-order valence-electron chi connectivity index (χ2n) is 7.44. The molecule has 0 saturated carbocycles. The number of amides is 1. The molecule has 0 aliphatic heterocycles. The molecule has 0 fully saturated rings. The Morgan fingerprint density at radius 1 is 1.35 bits per heavy atom. The zero-order chi connectivity index (χ0) is 18.3. The van der Waals surface area contributed by atoms with E-state index < -0.39 is 0 Å². The van der Waals surface area contributed by atoms with E-state index in [4.69, 9.17) is 4.42 Å². The fourth-order valence-electron chi connectivity index (χ4n) is 3.44. The Balaban J connectivity index is 1.59. The van der Waals surface area contributed by atoms with Crippen molar-refractivity contribution in [2.24, 2.45) is 5.41 Å². The molecule has 1 amide bonds. The van der Waals surface area contributed by atoms with E-state index in [1.54, 1.807) is 17.0 Å². The van der Waals surface area contributed by atoms with Crippen molar-refractivity contribution in [3.8, 4) is 0 Å². The molecule has 3 aromatic heterocycles. The lowest BCUT2D eigenvalue weighted by Gasteiger charge is -2.29. The van der Waals surface area contributed by atoms with Gasteiger partial charge in [-0.2, -0.15) is 5.10 Å². The van der Waals surface area contributed by atoms with Gasteiger partial charge in [-0.3, -0.25) is 9.59 Å². The van der Waals surface area contributed by atoms with Crippen LogP contribution in [0.2, 0.25) is 0 Å². The average molecular weight is 352 g/mol. The predicted molar refractivity (Wildman–Crippen MR) is 94.2 cm³/mol. The van der Waals surface area contributed by atoms with Crippen LogP contribution in [0.3, 0.4) is 0 Å². The molecule has 0 unspecified atom stereocenters. The van der Waals surface area contributed by atoms with Crippen LogP contribution in [0, 0.1) is 5.41 Å². The van der Waals surface area contributed by atoms with Gasteiger partial charge >= 0.3 is 0 Å². The van der Waals surface area contributed by atoms with Gasteiger partial charge < -0.3 is 9.73 Å². The molecule has 3 aromatic rings. The van der Waals surface area contributed by atoms with E-state index in [0.29, 0.717) is 42.6 Å². The van der Waals surface area contributed by atoms with Crippen molar-refractivity contribution >= 4 is 17.3 Å². The van der Waals surface area contributed by atoms with E-state index in [2.05, 4.69) is 29.2 Å². The van der Waals surface area contributed by atoms with E-state index in [1.165, 1.54) is 6.20 Å². The molecule has 1 N–H and O–H groups in total. The summed E-state index contributed by atoms with van der Waals surface area (Å²) in [5.74, 6) is 0.657.